The predicted octanol–water partition coefficient (Wildman–Crippen LogP) is 2.77. The van der Waals surface area contributed by atoms with E-state index in [1.165, 1.54) is 24.0 Å². The average Bonchev–Trinajstić information content (AvgIpc) is 3.32. The lowest BCUT2D eigenvalue weighted by atomic mass is 10.1. The molecule has 132 valence electrons. The van der Waals surface area contributed by atoms with E-state index < -0.39 is 0 Å². The molecule has 6 nitrogen and oxygen atoms in total. The Morgan fingerprint density at radius 3 is 3.04 bits per heavy atom. The van der Waals surface area contributed by atoms with Crippen LogP contribution in [0.15, 0.2) is 18.2 Å². The van der Waals surface area contributed by atoms with E-state index in [1.54, 1.807) is 0 Å². The summed E-state index contributed by atoms with van der Waals surface area (Å²) in [6.07, 6.45) is 6.21. The van der Waals surface area contributed by atoms with Crippen molar-refractivity contribution >= 4 is 11.6 Å². The van der Waals surface area contributed by atoms with Gasteiger partial charge in [-0.25, -0.2) is 4.98 Å². The monoisotopic (exact) mass is 339 g/mol. The Kier molecular flexibility index (Phi) is 4.53. The zero-order valence-electron chi connectivity index (χ0n) is 14.7. The van der Waals surface area contributed by atoms with Crippen LogP contribution in [0.1, 0.15) is 54.5 Å². The minimum atomic E-state index is 0.0785. The van der Waals surface area contributed by atoms with Crippen LogP contribution in [0.25, 0.3) is 0 Å². The zero-order valence-corrected chi connectivity index (χ0v) is 14.7. The van der Waals surface area contributed by atoms with E-state index in [-0.39, 0.29) is 11.9 Å². The summed E-state index contributed by atoms with van der Waals surface area (Å²) in [6.45, 7) is 3.67. The van der Waals surface area contributed by atoms with E-state index >= 15 is 0 Å². The lowest BCUT2D eigenvalue weighted by molar-refractivity contribution is -0.116. The van der Waals surface area contributed by atoms with Gasteiger partial charge < -0.3 is 5.32 Å². The van der Waals surface area contributed by atoms with Crippen molar-refractivity contribution < 1.29 is 4.79 Å². The summed E-state index contributed by atoms with van der Waals surface area (Å²) in [6, 6.07) is 6.55. The number of hydrogen-bond donors (Lipinski definition) is 2. The van der Waals surface area contributed by atoms with Crippen LogP contribution in [0, 0.1) is 6.92 Å². The SMILES string of the molecule is Cc1nc([C@@H]2CCCN2CCC(=O)Nc2ccc3c(c2)CCC3)n[nH]1. The molecule has 0 bridgehead atoms. The molecular weight excluding hydrogens is 314 g/mol. The smallest absolute Gasteiger partial charge is 0.225 e. The van der Waals surface area contributed by atoms with Crippen LogP contribution in [-0.4, -0.2) is 39.1 Å². The normalized spacial score (nSPS) is 20.0. The van der Waals surface area contributed by atoms with Crippen LogP contribution in [0.2, 0.25) is 0 Å². The van der Waals surface area contributed by atoms with Crippen molar-refractivity contribution in [2.45, 2.75) is 51.5 Å². The first-order valence-corrected chi connectivity index (χ1v) is 9.23. The minimum absolute atomic E-state index is 0.0785. The number of anilines is 1. The van der Waals surface area contributed by atoms with Gasteiger partial charge in [0.15, 0.2) is 5.82 Å². The Morgan fingerprint density at radius 2 is 2.20 bits per heavy atom. The second-order valence-electron chi connectivity index (χ2n) is 7.11. The van der Waals surface area contributed by atoms with Gasteiger partial charge in [-0.1, -0.05) is 6.07 Å². The maximum atomic E-state index is 12.3. The molecular formula is C19H25N5O. The van der Waals surface area contributed by atoms with Crippen LogP contribution >= 0.6 is 0 Å². The zero-order chi connectivity index (χ0) is 17.2. The molecule has 2 aromatic rings. The number of nitrogens with zero attached hydrogens (tertiary/aromatic N) is 3. The minimum Gasteiger partial charge on any atom is -0.326 e. The summed E-state index contributed by atoms with van der Waals surface area (Å²) in [4.78, 5) is 19.1. The molecule has 0 saturated carbocycles. The summed E-state index contributed by atoms with van der Waals surface area (Å²) in [7, 11) is 0. The number of nitrogens with one attached hydrogen (secondary N) is 2. The largest absolute Gasteiger partial charge is 0.326 e. The molecule has 1 aliphatic carbocycles. The van der Waals surface area contributed by atoms with Gasteiger partial charge in [-0.05, 0) is 68.8 Å². The third-order valence-corrected chi connectivity index (χ3v) is 5.28. The topological polar surface area (TPSA) is 73.9 Å². The molecule has 1 aromatic heterocycles. The van der Waals surface area contributed by atoms with Crippen LogP contribution in [-0.2, 0) is 17.6 Å². The molecule has 6 heteroatoms. The fourth-order valence-electron chi connectivity index (χ4n) is 4.01. The van der Waals surface area contributed by atoms with Crippen molar-refractivity contribution in [1.29, 1.82) is 0 Å². The van der Waals surface area contributed by atoms with Crippen LogP contribution in [0.3, 0.4) is 0 Å². The van der Waals surface area contributed by atoms with Crippen molar-refractivity contribution in [3.63, 3.8) is 0 Å². The fraction of sp³-hybridized carbons (Fsp3) is 0.526. The molecule has 1 amide bonds. The number of benzene rings is 1. The van der Waals surface area contributed by atoms with E-state index in [1.807, 2.05) is 13.0 Å². The average molecular weight is 339 g/mol. The highest BCUT2D eigenvalue weighted by Gasteiger charge is 2.29. The Morgan fingerprint density at radius 1 is 1.32 bits per heavy atom. The molecule has 4 rings (SSSR count). The number of hydrogen-bond acceptors (Lipinski definition) is 4. The highest BCUT2D eigenvalue weighted by Crippen LogP contribution is 2.30. The van der Waals surface area contributed by atoms with Crippen molar-refractivity contribution in [3.05, 3.63) is 41.0 Å². The standard InChI is InChI=1S/C19H25N5O/c1-13-20-19(23-22-13)17-6-3-10-24(17)11-9-18(25)21-16-8-7-14-4-2-5-15(14)12-16/h7-8,12,17H,2-6,9-11H2,1H3,(H,21,25)(H,20,22,23)/t17-/m0/s1. The number of carbonyl (C=O) groups excluding carboxylic acids is 1. The first-order chi connectivity index (χ1) is 12.2. The van der Waals surface area contributed by atoms with Gasteiger partial charge in [0.05, 0.1) is 6.04 Å². The van der Waals surface area contributed by atoms with Crippen LogP contribution in [0.4, 0.5) is 5.69 Å². The van der Waals surface area contributed by atoms with Crippen molar-refractivity contribution in [2.75, 3.05) is 18.4 Å². The fourth-order valence-corrected chi connectivity index (χ4v) is 4.01. The number of aromatic amines is 1. The molecule has 1 atom stereocenters. The molecule has 0 radical (unpaired) electrons. The van der Waals surface area contributed by atoms with Crippen LogP contribution in [0.5, 0.6) is 0 Å². The maximum absolute atomic E-state index is 12.3. The number of fused-ring (bicyclic) bond motifs is 1. The molecule has 25 heavy (non-hydrogen) atoms. The molecule has 1 aromatic carbocycles. The summed E-state index contributed by atoms with van der Waals surface area (Å²) in [5, 5.41) is 10.3. The third kappa shape index (κ3) is 3.58. The van der Waals surface area contributed by atoms with E-state index in [0.717, 1.165) is 49.7 Å². The van der Waals surface area contributed by atoms with Gasteiger partial charge in [0, 0.05) is 18.7 Å². The van der Waals surface area contributed by atoms with Crippen molar-refractivity contribution in [3.8, 4) is 0 Å². The van der Waals surface area contributed by atoms with E-state index in [9.17, 15) is 4.79 Å². The lowest BCUT2D eigenvalue weighted by Crippen LogP contribution is -2.28. The third-order valence-electron chi connectivity index (χ3n) is 5.28. The maximum Gasteiger partial charge on any atom is 0.225 e. The molecule has 2 N–H and O–H groups in total. The van der Waals surface area contributed by atoms with Gasteiger partial charge in [0.2, 0.25) is 5.91 Å². The summed E-state index contributed by atoms with van der Waals surface area (Å²) >= 11 is 0. The lowest BCUT2D eigenvalue weighted by Gasteiger charge is -2.21. The number of likely N-dealkylation sites (tertiary alicyclic amines) is 1. The summed E-state index contributed by atoms with van der Waals surface area (Å²) < 4.78 is 0. The van der Waals surface area contributed by atoms with E-state index in [2.05, 4.69) is 37.5 Å². The first-order valence-electron chi connectivity index (χ1n) is 9.23. The Labute approximate surface area is 148 Å². The molecule has 1 saturated heterocycles. The summed E-state index contributed by atoms with van der Waals surface area (Å²) in [5.41, 5.74) is 3.74. The summed E-state index contributed by atoms with van der Waals surface area (Å²) in [5.74, 6) is 1.78. The second-order valence-corrected chi connectivity index (χ2v) is 7.11. The number of amides is 1. The molecule has 1 aliphatic heterocycles. The number of aromatic nitrogens is 3. The predicted molar refractivity (Wildman–Crippen MR) is 96.4 cm³/mol. The Bertz CT molecular complexity index is 769. The number of aryl methyl sites for hydroxylation is 3. The van der Waals surface area contributed by atoms with E-state index in [4.69, 9.17) is 0 Å². The highest BCUT2D eigenvalue weighted by molar-refractivity contribution is 5.91. The van der Waals surface area contributed by atoms with Gasteiger partial charge in [-0.3, -0.25) is 14.8 Å². The number of rotatable bonds is 5. The van der Waals surface area contributed by atoms with Crippen LogP contribution < -0.4 is 5.32 Å². The van der Waals surface area contributed by atoms with Gasteiger partial charge in [0.1, 0.15) is 5.82 Å². The molecule has 0 unspecified atom stereocenters. The number of carbonyl (C=O) groups is 1. The second kappa shape index (κ2) is 6.96. The molecule has 0 spiro atoms. The van der Waals surface area contributed by atoms with Gasteiger partial charge >= 0.3 is 0 Å². The Hall–Kier alpha value is -2.21. The molecule has 2 aliphatic rings. The highest BCUT2D eigenvalue weighted by atomic mass is 16.1. The number of H-pyrrole nitrogens is 1. The molecule has 2 heterocycles. The van der Waals surface area contributed by atoms with Gasteiger partial charge in [-0.15, -0.1) is 0 Å². The van der Waals surface area contributed by atoms with Gasteiger partial charge in [0.25, 0.3) is 0 Å². The van der Waals surface area contributed by atoms with Crippen molar-refractivity contribution in [1.82, 2.24) is 20.1 Å². The van der Waals surface area contributed by atoms with E-state index in [0.29, 0.717) is 6.42 Å². The molecule has 1 fully saturated rings. The van der Waals surface area contributed by atoms with Crippen molar-refractivity contribution in [2.24, 2.45) is 0 Å². The quantitative estimate of drug-likeness (QED) is 0.878. The Balaban J connectivity index is 1.32. The first kappa shape index (κ1) is 16.3. The van der Waals surface area contributed by atoms with Gasteiger partial charge in [-0.2, -0.15) is 5.10 Å².